The molecule has 0 amide bonds. The maximum Gasteiger partial charge on any atom is 0.206 e. The Hall–Kier alpha value is -1.92. The van der Waals surface area contributed by atoms with E-state index in [1.54, 1.807) is 6.07 Å². The van der Waals surface area contributed by atoms with Crippen molar-refractivity contribution in [3.63, 3.8) is 0 Å². The monoisotopic (exact) mass is 374 g/mol. The van der Waals surface area contributed by atoms with Gasteiger partial charge in [0.1, 0.15) is 5.82 Å². The molecule has 2 aromatic rings. The van der Waals surface area contributed by atoms with E-state index >= 15 is 0 Å². The molecule has 0 aliphatic carbocycles. The molecule has 1 saturated heterocycles. The van der Waals surface area contributed by atoms with Crippen LogP contribution >= 0.6 is 0 Å². The van der Waals surface area contributed by atoms with Crippen molar-refractivity contribution in [1.82, 2.24) is 5.32 Å². The number of halogens is 1. The molecule has 138 valence electrons. The number of rotatable bonds is 2. The Bertz CT molecular complexity index is 927. The lowest BCUT2D eigenvalue weighted by Gasteiger charge is -2.27. The number of hydrogen-bond donors (Lipinski definition) is 1. The third-order valence-electron chi connectivity index (χ3n) is 5.78. The number of likely N-dealkylation sites (N-methyl/N-ethyl adjacent to an activating group) is 1. The number of sulfone groups is 1. The van der Waals surface area contributed by atoms with Crippen LogP contribution in [0.4, 0.5) is 10.1 Å². The van der Waals surface area contributed by atoms with Gasteiger partial charge in [-0.25, -0.2) is 12.8 Å². The first-order valence-corrected chi connectivity index (χ1v) is 10.5. The van der Waals surface area contributed by atoms with E-state index < -0.39 is 15.7 Å². The smallest absolute Gasteiger partial charge is 0.206 e. The molecule has 4 rings (SSSR count). The third-order valence-corrected chi connectivity index (χ3v) is 7.55. The molecule has 26 heavy (non-hydrogen) atoms. The summed E-state index contributed by atoms with van der Waals surface area (Å²) in [6, 6.07) is 10.8. The van der Waals surface area contributed by atoms with Crippen molar-refractivity contribution in [2.45, 2.75) is 35.1 Å². The fourth-order valence-electron chi connectivity index (χ4n) is 4.43. The normalized spacial score (nSPS) is 25.5. The predicted octanol–water partition coefficient (Wildman–Crippen LogP) is 3.19. The second-order valence-electron chi connectivity index (χ2n) is 7.35. The minimum absolute atomic E-state index is 0.123. The first-order valence-electron chi connectivity index (χ1n) is 8.98. The van der Waals surface area contributed by atoms with Crippen LogP contribution in [0.15, 0.2) is 52.3 Å². The van der Waals surface area contributed by atoms with Crippen molar-refractivity contribution in [3.8, 4) is 0 Å². The molecule has 1 fully saturated rings. The van der Waals surface area contributed by atoms with Crippen molar-refractivity contribution in [1.29, 1.82) is 0 Å². The highest BCUT2D eigenvalue weighted by atomic mass is 32.2. The van der Waals surface area contributed by atoms with Crippen LogP contribution < -0.4 is 10.2 Å². The van der Waals surface area contributed by atoms with Gasteiger partial charge in [-0.1, -0.05) is 6.92 Å². The van der Waals surface area contributed by atoms with Gasteiger partial charge in [0.2, 0.25) is 9.84 Å². The van der Waals surface area contributed by atoms with Gasteiger partial charge < -0.3 is 10.2 Å². The highest BCUT2D eigenvalue weighted by Crippen LogP contribution is 2.46. The molecule has 0 bridgehead atoms. The average molecular weight is 374 g/mol. The van der Waals surface area contributed by atoms with Gasteiger partial charge in [-0.2, -0.15) is 0 Å². The molecule has 2 heterocycles. The van der Waals surface area contributed by atoms with Gasteiger partial charge in [0.05, 0.1) is 9.79 Å². The molecule has 2 aliphatic heterocycles. The minimum atomic E-state index is -3.66. The molecule has 2 aliphatic rings. The molecule has 0 radical (unpaired) electrons. The fraction of sp³-hybridized carbons (Fsp3) is 0.400. The van der Waals surface area contributed by atoms with Crippen LogP contribution in [0.5, 0.6) is 0 Å². The maximum atomic E-state index is 13.2. The van der Waals surface area contributed by atoms with Crippen LogP contribution in [0.2, 0.25) is 0 Å². The van der Waals surface area contributed by atoms with E-state index in [1.807, 2.05) is 12.1 Å². The Kier molecular flexibility index (Phi) is 4.28. The summed E-state index contributed by atoms with van der Waals surface area (Å²) >= 11 is 0. The van der Waals surface area contributed by atoms with Crippen molar-refractivity contribution < 1.29 is 12.8 Å². The Balaban J connectivity index is 1.79. The van der Waals surface area contributed by atoms with E-state index in [1.165, 1.54) is 24.3 Å². The van der Waals surface area contributed by atoms with Gasteiger partial charge in [-0.3, -0.25) is 0 Å². The summed E-state index contributed by atoms with van der Waals surface area (Å²) < 4.78 is 39.1. The summed E-state index contributed by atoms with van der Waals surface area (Å²) in [5, 5.41) is 3.47. The standard InChI is InChI=1S/C20H23FN2O2S/c1-13-12-22-10-9-19-20(13)17-11-16(7-8-18(17)23(19)2)26(24,25)15-5-3-14(21)4-6-15/h3-8,11,13,19-20,22H,9-10,12H2,1-2H3/t13?,19-,20+/m1/s1. The highest BCUT2D eigenvalue weighted by Gasteiger charge is 2.41. The zero-order chi connectivity index (χ0) is 18.5. The molecular weight excluding hydrogens is 351 g/mol. The topological polar surface area (TPSA) is 49.4 Å². The lowest BCUT2D eigenvalue weighted by atomic mass is 9.84. The molecule has 3 atom stereocenters. The molecule has 1 unspecified atom stereocenters. The number of anilines is 1. The Morgan fingerprint density at radius 2 is 1.81 bits per heavy atom. The van der Waals surface area contributed by atoms with E-state index in [4.69, 9.17) is 0 Å². The van der Waals surface area contributed by atoms with E-state index in [0.717, 1.165) is 30.8 Å². The number of benzene rings is 2. The summed E-state index contributed by atoms with van der Waals surface area (Å²) in [7, 11) is -1.57. The van der Waals surface area contributed by atoms with Gasteiger partial charge in [0.25, 0.3) is 0 Å². The summed E-state index contributed by atoms with van der Waals surface area (Å²) in [6.07, 6.45) is 1.04. The highest BCUT2D eigenvalue weighted by molar-refractivity contribution is 7.91. The van der Waals surface area contributed by atoms with E-state index in [0.29, 0.717) is 17.9 Å². The summed E-state index contributed by atoms with van der Waals surface area (Å²) in [6.45, 7) is 4.13. The number of hydrogen-bond acceptors (Lipinski definition) is 4. The SMILES string of the molecule is CC1CNCC[C@@H]2[C@@H]1c1cc(S(=O)(=O)c3ccc(F)cc3)ccc1N2C. The molecule has 2 aromatic carbocycles. The first-order chi connectivity index (χ1) is 12.4. The summed E-state index contributed by atoms with van der Waals surface area (Å²) in [5.74, 6) is 0.297. The molecule has 1 N–H and O–H groups in total. The second-order valence-corrected chi connectivity index (χ2v) is 9.30. The van der Waals surface area contributed by atoms with Crippen LogP contribution in [-0.2, 0) is 9.84 Å². The summed E-state index contributed by atoms with van der Waals surface area (Å²) in [5.41, 5.74) is 2.23. The van der Waals surface area contributed by atoms with Crippen molar-refractivity contribution in [2.75, 3.05) is 25.0 Å². The van der Waals surface area contributed by atoms with Crippen molar-refractivity contribution in [2.24, 2.45) is 5.92 Å². The maximum absolute atomic E-state index is 13.2. The molecular formula is C20H23FN2O2S. The van der Waals surface area contributed by atoms with Crippen molar-refractivity contribution >= 4 is 15.5 Å². The van der Waals surface area contributed by atoms with Crippen molar-refractivity contribution in [3.05, 3.63) is 53.8 Å². The Morgan fingerprint density at radius 3 is 2.54 bits per heavy atom. The molecule has 4 nitrogen and oxygen atoms in total. The lowest BCUT2D eigenvalue weighted by molar-refractivity contribution is 0.424. The molecule has 6 heteroatoms. The Labute approximate surface area is 153 Å². The first kappa shape index (κ1) is 17.5. The van der Waals surface area contributed by atoms with Gasteiger partial charge in [-0.15, -0.1) is 0 Å². The quantitative estimate of drug-likeness (QED) is 0.821. The van der Waals surface area contributed by atoms with Crippen LogP contribution in [0, 0.1) is 11.7 Å². The van der Waals surface area contributed by atoms with Crippen LogP contribution in [0.3, 0.4) is 0 Å². The van der Waals surface area contributed by atoms with Crippen LogP contribution in [0.25, 0.3) is 0 Å². The number of nitrogens with zero attached hydrogens (tertiary/aromatic N) is 1. The van der Waals surface area contributed by atoms with Gasteiger partial charge in [-0.05, 0) is 73.5 Å². The second kappa shape index (κ2) is 6.35. The predicted molar refractivity (Wildman–Crippen MR) is 99.9 cm³/mol. The van der Waals surface area contributed by atoms with Crippen LogP contribution in [-0.4, -0.2) is 34.6 Å². The number of fused-ring (bicyclic) bond motifs is 3. The zero-order valence-corrected chi connectivity index (χ0v) is 15.8. The van der Waals surface area contributed by atoms with Gasteiger partial charge >= 0.3 is 0 Å². The van der Waals surface area contributed by atoms with E-state index in [9.17, 15) is 12.8 Å². The van der Waals surface area contributed by atoms with Gasteiger partial charge in [0.15, 0.2) is 0 Å². The molecule has 0 aromatic heterocycles. The van der Waals surface area contributed by atoms with E-state index in [2.05, 4.69) is 24.2 Å². The largest absolute Gasteiger partial charge is 0.371 e. The lowest BCUT2D eigenvalue weighted by Crippen LogP contribution is -2.32. The van der Waals surface area contributed by atoms with E-state index in [-0.39, 0.29) is 9.79 Å². The minimum Gasteiger partial charge on any atom is -0.371 e. The zero-order valence-electron chi connectivity index (χ0n) is 14.9. The summed E-state index contributed by atoms with van der Waals surface area (Å²) in [4.78, 5) is 2.69. The Morgan fingerprint density at radius 1 is 1.12 bits per heavy atom. The van der Waals surface area contributed by atoms with Crippen LogP contribution in [0.1, 0.15) is 24.8 Å². The third kappa shape index (κ3) is 2.72. The van der Waals surface area contributed by atoms with Gasteiger partial charge in [0, 0.05) is 24.7 Å². The fourth-order valence-corrected chi connectivity index (χ4v) is 5.73. The molecule has 0 saturated carbocycles. The average Bonchev–Trinajstić information content (AvgIpc) is 2.76. The molecule has 0 spiro atoms. The number of nitrogens with one attached hydrogen (secondary N) is 1.